The Hall–Kier alpha value is -1.55. The van der Waals surface area contributed by atoms with E-state index in [-0.39, 0.29) is 5.97 Å². The lowest BCUT2D eigenvalue weighted by atomic mass is 9.92. The van der Waals surface area contributed by atoms with Crippen LogP contribution in [0.15, 0.2) is 24.3 Å². The second-order valence-corrected chi connectivity index (χ2v) is 5.17. The first kappa shape index (κ1) is 14.9. The highest BCUT2D eigenvalue weighted by atomic mass is 16.5. The molecule has 2 atom stereocenters. The maximum atomic E-state index is 11.7. The summed E-state index contributed by atoms with van der Waals surface area (Å²) in [5.74, 6) is -0.269. The van der Waals surface area contributed by atoms with Gasteiger partial charge in [-0.2, -0.15) is 0 Å². The van der Waals surface area contributed by atoms with Crippen molar-refractivity contribution in [3.05, 3.63) is 29.8 Å². The van der Waals surface area contributed by atoms with Gasteiger partial charge in [0.15, 0.2) is 0 Å². The molecule has 110 valence electrons. The zero-order valence-electron chi connectivity index (χ0n) is 12.2. The number of anilines is 1. The highest BCUT2D eigenvalue weighted by Gasteiger charge is 2.21. The molecule has 2 rings (SSSR count). The largest absolute Gasteiger partial charge is 0.462 e. The molecular weight excluding hydrogens is 254 g/mol. The van der Waals surface area contributed by atoms with Crippen LogP contribution in [0.5, 0.6) is 0 Å². The Kier molecular flexibility index (Phi) is 5.41. The third-order valence-electron chi connectivity index (χ3n) is 3.70. The van der Waals surface area contributed by atoms with Gasteiger partial charge in [0.05, 0.1) is 18.3 Å². The number of carbonyl (C=O) groups excluding carboxylic acids is 1. The monoisotopic (exact) mass is 277 g/mol. The molecule has 0 bridgehead atoms. The molecule has 0 aliphatic heterocycles. The zero-order valence-corrected chi connectivity index (χ0v) is 12.2. The van der Waals surface area contributed by atoms with E-state index in [1.54, 1.807) is 13.2 Å². The van der Waals surface area contributed by atoms with Gasteiger partial charge in [-0.3, -0.25) is 0 Å². The highest BCUT2D eigenvalue weighted by molar-refractivity contribution is 5.90. The van der Waals surface area contributed by atoms with E-state index in [1.165, 1.54) is 6.42 Å². The molecule has 1 aromatic rings. The van der Waals surface area contributed by atoms with E-state index in [9.17, 15) is 4.79 Å². The van der Waals surface area contributed by atoms with Gasteiger partial charge in [-0.15, -0.1) is 0 Å². The predicted octanol–water partition coefficient (Wildman–Crippen LogP) is 3.23. The molecule has 2 unspecified atom stereocenters. The highest BCUT2D eigenvalue weighted by Crippen LogP contribution is 2.24. The van der Waals surface area contributed by atoms with Crippen molar-refractivity contribution in [3.63, 3.8) is 0 Å². The number of benzene rings is 1. The van der Waals surface area contributed by atoms with Crippen molar-refractivity contribution in [2.24, 2.45) is 0 Å². The predicted molar refractivity (Wildman–Crippen MR) is 79.1 cm³/mol. The first-order chi connectivity index (χ1) is 9.72. The molecule has 1 aliphatic rings. The van der Waals surface area contributed by atoms with E-state index >= 15 is 0 Å². The second kappa shape index (κ2) is 7.29. The minimum Gasteiger partial charge on any atom is -0.462 e. The fourth-order valence-electron chi connectivity index (χ4n) is 2.68. The van der Waals surface area contributed by atoms with Gasteiger partial charge < -0.3 is 14.8 Å². The molecule has 1 aromatic carbocycles. The van der Waals surface area contributed by atoms with E-state index < -0.39 is 0 Å². The van der Waals surface area contributed by atoms with Crippen molar-refractivity contribution in [1.82, 2.24) is 0 Å². The molecule has 4 heteroatoms. The number of carbonyl (C=O) groups is 1. The van der Waals surface area contributed by atoms with Gasteiger partial charge in [-0.1, -0.05) is 6.07 Å². The standard InChI is InChI=1S/C16H23NO3/c1-3-20-16(18)12-6-4-7-13(10-12)17-14-8-5-9-15(11-14)19-2/h4,6-7,10,14-15,17H,3,5,8-9,11H2,1-2H3. The number of ether oxygens (including phenoxy) is 2. The molecule has 1 aliphatic carbocycles. The Balaban J connectivity index is 1.98. The van der Waals surface area contributed by atoms with Crippen LogP contribution in [0.3, 0.4) is 0 Å². The topological polar surface area (TPSA) is 47.6 Å². The van der Waals surface area contributed by atoms with Gasteiger partial charge in [0.2, 0.25) is 0 Å². The third kappa shape index (κ3) is 3.97. The third-order valence-corrected chi connectivity index (χ3v) is 3.70. The minimum atomic E-state index is -0.269. The Labute approximate surface area is 120 Å². The van der Waals surface area contributed by atoms with Crippen LogP contribution < -0.4 is 5.32 Å². The van der Waals surface area contributed by atoms with E-state index in [1.807, 2.05) is 25.1 Å². The van der Waals surface area contributed by atoms with Crippen molar-refractivity contribution < 1.29 is 14.3 Å². The summed E-state index contributed by atoms with van der Waals surface area (Å²) in [5, 5.41) is 3.49. The summed E-state index contributed by atoms with van der Waals surface area (Å²) in [5.41, 5.74) is 1.56. The van der Waals surface area contributed by atoms with Crippen molar-refractivity contribution in [2.75, 3.05) is 19.0 Å². The van der Waals surface area contributed by atoms with Crippen LogP contribution in [0.1, 0.15) is 43.0 Å². The molecule has 0 heterocycles. The van der Waals surface area contributed by atoms with E-state index in [0.717, 1.165) is 24.9 Å². The molecular formula is C16H23NO3. The molecule has 1 fully saturated rings. The van der Waals surface area contributed by atoms with Crippen LogP contribution in [-0.2, 0) is 9.47 Å². The Bertz CT molecular complexity index is 447. The fraction of sp³-hybridized carbons (Fsp3) is 0.562. The summed E-state index contributed by atoms with van der Waals surface area (Å²) in [6, 6.07) is 7.91. The summed E-state index contributed by atoms with van der Waals surface area (Å²) in [6.07, 6.45) is 4.81. The van der Waals surface area contributed by atoms with Crippen LogP contribution in [0.4, 0.5) is 5.69 Å². The Morgan fingerprint density at radius 2 is 2.25 bits per heavy atom. The van der Waals surface area contributed by atoms with Gasteiger partial charge in [-0.25, -0.2) is 4.79 Å². The van der Waals surface area contributed by atoms with E-state index in [0.29, 0.717) is 24.3 Å². The van der Waals surface area contributed by atoms with Crippen molar-refractivity contribution in [2.45, 2.75) is 44.8 Å². The molecule has 1 saturated carbocycles. The van der Waals surface area contributed by atoms with Crippen LogP contribution in [-0.4, -0.2) is 31.8 Å². The second-order valence-electron chi connectivity index (χ2n) is 5.17. The maximum Gasteiger partial charge on any atom is 0.338 e. The lowest BCUT2D eigenvalue weighted by molar-refractivity contribution is 0.0526. The number of hydrogen-bond acceptors (Lipinski definition) is 4. The van der Waals surface area contributed by atoms with Crippen LogP contribution in [0.2, 0.25) is 0 Å². The quantitative estimate of drug-likeness (QED) is 0.839. The van der Waals surface area contributed by atoms with Gasteiger partial charge >= 0.3 is 5.97 Å². The van der Waals surface area contributed by atoms with Crippen molar-refractivity contribution >= 4 is 11.7 Å². The van der Waals surface area contributed by atoms with E-state index in [4.69, 9.17) is 9.47 Å². The molecule has 1 N–H and O–H groups in total. The molecule has 0 saturated heterocycles. The lowest BCUT2D eigenvalue weighted by Gasteiger charge is -2.29. The first-order valence-corrected chi connectivity index (χ1v) is 7.29. The zero-order chi connectivity index (χ0) is 14.4. The Morgan fingerprint density at radius 3 is 3.00 bits per heavy atom. The summed E-state index contributed by atoms with van der Waals surface area (Å²) in [7, 11) is 1.77. The summed E-state index contributed by atoms with van der Waals surface area (Å²) in [4.78, 5) is 11.7. The smallest absolute Gasteiger partial charge is 0.338 e. The van der Waals surface area contributed by atoms with Gasteiger partial charge in [0.25, 0.3) is 0 Å². The number of hydrogen-bond donors (Lipinski definition) is 1. The van der Waals surface area contributed by atoms with Crippen molar-refractivity contribution in [1.29, 1.82) is 0 Å². The molecule has 0 amide bonds. The van der Waals surface area contributed by atoms with Crippen LogP contribution in [0.25, 0.3) is 0 Å². The summed E-state index contributed by atoms with van der Waals surface area (Å²) >= 11 is 0. The number of methoxy groups -OCH3 is 1. The molecule has 0 spiro atoms. The number of rotatable bonds is 5. The molecule has 20 heavy (non-hydrogen) atoms. The van der Waals surface area contributed by atoms with Gasteiger partial charge in [-0.05, 0) is 50.8 Å². The lowest BCUT2D eigenvalue weighted by Crippen LogP contribution is -2.31. The minimum absolute atomic E-state index is 0.269. The molecule has 0 radical (unpaired) electrons. The van der Waals surface area contributed by atoms with Crippen LogP contribution >= 0.6 is 0 Å². The number of esters is 1. The van der Waals surface area contributed by atoms with Crippen LogP contribution in [0, 0.1) is 0 Å². The van der Waals surface area contributed by atoms with Gasteiger partial charge in [0.1, 0.15) is 0 Å². The first-order valence-electron chi connectivity index (χ1n) is 7.29. The normalized spacial score (nSPS) is 22.3. The number of nitrogens with one attached hydrogen (secondary N) is 1. The van der Waals surface area contributed by atoms with Crippen molar-refractivity contribution in [3.8, 4) is 0 Å². The average Bonchev–Trinajstić information content (AvgIpc) is 2.48. The summed E-state index contributed by atoms with van der Waals surface area (Å²) < 4.78 is 10.5. The maximum absolute atomic E-state index is 11.7. The average molecular weight is 277 g/mol. The van der Waals surface area contributed by atoms with E-state index in [2.05, 4.69) is 5.32 Å². The molecule has 0 aromatic heterocycles. The molecule has 4 nitrogen and oxygen atoms in total. The SMILES string of the molecule is CCOC(=O)c1cccc(NC2CCCC(OC)C2)c1. The fourth-order valence-corrected chi connectivity index (χ4v) is 2.68. The summed E-state index contributed by atoms with van der Waals surface area (Å²) in [6.45, 7) is 2.21. The van der Waals surface area contributed by atoms with Gasteiger partial charge in [0, 0.05) is 18.8 Å². The Morgan fingerprint density at radius 1 is 1.40 bits per heavy atom.